The monoisotopic (exact) mass is 230 g/mol. The first-order valence-corrected chi connectivity index (χ1v) is 6.68. The van der Waals surface area contributed by atoms with E-state index in [0.29, 0.717) is 18.0 Å². The lowest BCUT2D eigenvalue weighted by atomic mass is 10.2. The number of hydrogen-bond donors (Lipinski definition) is 0. The fourth-order valence-electron chi connectivity index (χ4n) is 1.31. The van der Waals surface area contributed by atoms with Gasteiger partial charge in [0.05, 0.1) is 25.1 Å². The minimum absolute atomic E-state index is 0.316. The highest BCUT2D eigenvalue weighted by molar-refractivity contribution is 7.99. The lowest BCUT2D eigenvalue weighted by molar-refractivity contribution is 0.0816. The maximum Gasteiger partial charge on any atom is 0.0941 e. The number of allylic oxidation sites excluding steroid dienone is 1. The minimum Gasteiger partial charge on any atom is -0.498 e. The van der Waals surface area contributed by atoms with Gasteiger partial charge in [-0.15, -0.1) is 0 Å². The molecular weight excluding hydrogens is 208 g/mol. The molecule has 0 aromatic carbocycles. The van der Waals surface area contributed by atoms with E-state index in [1.807, 2.05) is 18.7 Å². The average molecular weight is 230 g/mol. The Kier molecular flexibility index (Phi) is 5.54. The van der Waals surface area contributed by atoms with E-state index in [1.165, 1.54) is 5.57 Å². The van der Waals surface area contributed by atoms with E-state index < -0.39 is 0 Å². The zero-order valence-corrected chi connectivity index (χ0v) is 11.0. The van der Waals surface area contributed by atoms with Crippen molar-refractivity contribution in [1.82, 2.24) is 0 Å². The van der Waals surface area contributed by atoms with E-state index >= 15 is 0 Å². The van der Waals surface area contributed by atoms with Gasteiger partial charge in [-0.25, -0.2) is 0 Å². The molecule has 0 unspecified atom stereocenters. The molecule has 2 atom stereocenters. The highest BCUT2D eigenvalue weighted by Gasteiger charge is 2.14. The van der Waals surface area contributed by atoms with Crippen molar-refractivity contribution in [3.8, 4) is 0 Å². The van der Waals surface area contributed by atoms with Gasteiger partial charge < -0.3 is 9.47 Å². The van der Waals surface area contributed by atoms with Crippen LogP contribution in [0.15, 0.2) is 11.3 Å². The van der Waals surface area contributed by atoms with Crippen molar-refractivity contribution in [2.45, 2.75) is 45.5 Å². The molecule has 0 amide bonds. The molecule has 0 N–H and O–H groups in total. The third-order valence-corrected chi connectivity index (χ3v) is 4.25. The summed E-state index contributed by atoms with van der Waals surface area (Å²) in [6.45, 7) is 10.0. The molecule has 0 aliphatic carbocycles. The van der Waals surface area contributed by atoms with Gasteiger partial charge in [0.15, 0.2) is 0 Å². The molecular formula is C12H22O2S. The number of rotatable bonds is 0. The number of ether oxygens (including phenoxy) is 2. The van der Waals surface area contributed by atoms with Gasteiger partial charge in [-0.05, 0) is 38.5 Å². The molecule has 0 radical (unpaired) electrons. The minimum atomic E-state index is 0.316. The molecule has 1 heterocycles. The van der Waals surface area contributed by atoms with Crippen molar-refractivity contribution in [2.24, 2.45) is 0 Å². The molecule has 15 heavy (non-hydrogen) atoms. The van der Waals surface area contributed by atoms with Gasteiger partial charge in [-0.3, -0.25) is 0 Å². The summed E-state index contributed by atoms with van der Waals surface area (Å²) in [4.78, 5) is 0. The van der Waals surface area contributed by atoms with Gasteiger partial charge in [-0.2, -0.15) is 11.8 Å². The number of thioether (sulfide) groups is 1. The Bertz CT molecular complexity index is 226. The van der Waals surface area contributed by atoms with Crippen molar-refractivity contribution >= 4 is 11.8 Å². The third kappa shape index (κ3) is 4.47. The van der Waals surface area contributed by atoms with Crippen molar-refractivity contribution in [1.29, 1.82) is 0 Å². The van der Waals surface area contributed by atoms with Crippen LogP contribution in [0, 0.1) is 0 Å². The van der Waals surface area contributed by atoms with Gasteiger partial charge in [0.2, 0.25) is 0 Å². The standard InChI is InChI=1S/C12H22O2S/c1-9-8-14-11(3)12(4)15-7-5-6-13-10(9)2/h11-12H,5-8H2,1-4H3/b10-9-/t11-,12+/m1/s1. The molecule has 1 aliphatic heterocycles. The van der Waals surface area contributed by atoms with Crippen LogP contribution in [-0.4, -0.2) is 30.3 Å². The lowest BCUT2D eigenvalue weighted by Gasteiger charge is -2.19. The van der Waals surface area contributed by atoms with Crippen LogP contribution in [0.5, 0.6) is 0 Å². The van der Waals surface area contributed by atoms with E-state index in [1.54, 1.807) is 0 Å². The maximum absolute atomic E-state index is 5.81. The fourth-order valence-corrected chi connectivity index (χ4v) is 2.31. The summed E-state index contributed by atoms with van der Waals surface area (Å²) < 4.78 is 11.5. The van der Waals surface area contributed by atoms with Crippen LogP contribution in [0.1, 0.15) is 34.1 Å². The van der Waals surface area contributed by atoms with Crippen molar-refractivity contribution in [2.75, 3.05) is 19.0 Å². The Morgan fingerprint density at radius 1 is 1.27 bits per heavy atom. The molecule has 88 valence electrons. The van der Waals surface area contributed by atoms with E-state index in [0.717, 1.165) is 24.5 Å². The van der Waals surface area contributed by atoms with Crippen LogP contribution < -0.4 is 0 Å². The van der Waals surface area contributed by atoms with Crippen LogP contribution in [0.3, 0.4) is 0 Å². The second-order valence-electron chi connectivity index (χ2n) is 4.13. The van der Waals surface area contributed by atoms with Crippen LogP contribution in [-0.2, 0) is 9.47 Å². The highest BCUT2D eigenvalue weighted by atomic mass is 32.2. The predicted molar refractivity (Wildman–Crippen MR) is 66.3 cm³/mol. The highest BCUT2D eigenvalue weighted by Crippen LogP contribution is 2.20. The average Bonchev–Trinajstić information content (AvgIpc) is 2.24. The smallest absolute Gasteiger partial charge is 0.0941 e. The lowest BCUT2D eigenvalue weighted by Crippen LogP contribution is -2.21. The summed E-state index contributed by atoms with van der Waals surface area (Å²) in [5, 5.41) is 0.566. The molecule has 3 heteroatoms. The Morgan fingerprint density at radius 2 is 2.00 bits per heavy atom. The van der Waals surface area contributed by atoms with Crippen molar-refractivity contribution < 1.29 is 9.47 Å². The quantitative estimate of drug-likeness (QED) is 0.636. The summed E-state index contributed by atoms with van der Waals surface area (Å²) in [5.41, 5.74) is 1.21. The fraction of sp³-hybridized carbons (Fsp3) is 0.833. The molecule has 0 aromatic heterocycles. The summed E-state index contributed by atoms with van der Waals surface area (Å²) >= 11 is 1.97. The van der Waals surface area contributed by atoms with E-state index in [-0.39, 0.29) is 0 Å². The van der Waals surface area contributed by atoms with Crippen molar-refractivity contribution in [3.05, 3.63) is 11.3 Å². The molecule has 0 spiro atoms. The van der Waals surface area contributed by atoms with Gasteiger partial charge >= 0.3 is 0 Å². The zero-order valence-electron chi connectivity index (χ0n) is 10.2. The molecule has 0 bridgehead atoms. The van der Waals surface area contributed by atoms with Gasteiger partial charge in [0.25, 0.3) is 0 Å². The third-order valence-electron chi connectivity index (χ3n) is 2.81. The molecule has 0 aromatic rings. The zero-order chi connectivity index (χ0) is 11.3. The summed E-state index contributed by atoms with van der Waals surface area (Å²) in [5.74, 6) is 2.18. The Balaban J connectivity index is 2.57. The molecule has 0 saturated heterocycles. The molecule has 1 aliphatic rings. The SMILES string of the molecule is C/C1=C(\C)OCCCS[C@@H](C)[C@@H](C)OC1. The predicted octanol–water partition coefficient (Wildman–Crippen LogP) is 3.23. The van der Waals surface area contributed by atoms with E-state index in [4.69, 9.17) is 9.47 Å². The Labute approximate surface area is 97.4 Å². The van der Waals surface area contributed by atoms with Crippen molar-refractivity contribution in [3.63, 3.8) is 0 Å². The van der Waals surface area contributed by atoms with Crippen LogP contribution in [0.25, 0.3) is 0 Å². The van der Waals surface area contributed by atoms with Crippen LogP contribution in [0.4, 0.5) is 0 Å². The molecule has 0 saturated carbocycles. The van der Waals surface area contributed by atoms with E-state index in [9.17, 15) is 0 Å². The first-order valence-electron chi connectivity index (χ1n) is 5.63. The Hall–Kier alpha value is -0.150. The van der Waals surface area contributed by atoms with Crippen LogP contribution in [0.2, 0.25) is 0 Å². The second-order valence-corrected chi connectivity index (χ2v) is 5.62. The van der Waals surface area contributed by atoms with Gasteiger partial charge in [0, 0.05) is 5.25 Å². The van der Waals surface area contributed by atoms with E-state index in [2.05, 4.69) is 20.8 Å². The summed E-state index contributed by atoms with van der Waals surface area (Å²) in [7, 11) is 0. The molecule has 1 rings (SSSR count). The van der Waals surface area contributed by atoms with Gasteiger partial charge in [-0.1, -0.05) is 6.92 Å². The summed E-state index contributed by atoms with van der Waals surface area (Å²) in [6, 6.07) is 0. The Morgan fingerprint density at radius 3 is 2.73 bits per heavy atom. The van der Waals surface area contributed by atoms with Crippen LogP contribution >= 0.6 is 11.8 Å². The number of hydrogen-bond acceptors (Lipinski definition) is 3. The maximum atomic E-state index is 5.81. The largest absolute Gasteiger partial charge is 0.498 e. The first kappa shape index (κ1) is 12.9. The molecule has 2 nitrogen and oxygen atoms in total. The summed E-state index contributed by atoms with van der Waals surface area (Å²) in [6.07, 6.45) is 1.43. The molecule has 0 fully saturated rings. The topological polar surface area (TPSA) is 18.5 Å². The normalized spacial score (nSPS) is 35.5. The second kappa shape index (κ2) is 6.44. The first-order chi connectivity index (χ1) is 7.11. The van der Waals surface area contributed by atoms with Gasteiger partial charge in [0.1, 0.15) is 0 Å².